The highest BCUT2D eigenvalue weighted by Gasteiger charge is 2.46. The number of pyridine rings is 1. The summed E-state index contributed by atoms with van der Waals surface area (Å²) in [6, 6.07) is 5.77. The molecule has 0 spiro atoms. The van der Waals surface area contributed by atoms with E-state index in [1.54, 1.807) is 6.07 Å². The van der Waals surface area contributed by atoms with Gasteiger partial charge < -0.3 is 10.0 Å². The number of nitrogens with zero attached hydrogens (tertiary/aromatic N) is 3. The third-order valence-corrected chi connectivity index (χ3v) is 4.84. The molecule has 1 saturated carbocycles. The summed E-state index contributed by atoms with van der Waals surface area (Å²) in [5.41, 5.74) is 0.693. The Hall–Kier alpha value is -2.09. The molecule has 5 heteroatoms. The number of aliphatic carboxylic acids is 1. The van der Waals surface area contributed by atoms with Crippen LogP contribution in [0.4, 0.5) is 5.82 Å². The van der Waals surface area contributed by atoms with Crippen molar-refractivity contribution in [2.45, 2.75) is 39.0 Å². The standard InChI is InChI=1S/C17H21N3O2/c1-12-3-6-14(10-18)15(19-12)20-8-2-7-17(11-20,16(21)22)9-13-4-5-13/h3,6,13H,2,4-5,7-9,11H2,1H3,(H,21,22). The van der Waals surface area contributed by atoms with E-state index in [0.29, 0.717) is 23.8 Å². The number of anilines is 1. The molecule has 2 aliphatic rings. The van der Waals surface area contributed by atoms with E-state index in [9.17, 15) is 15.2 Å². The Morgan fingerprint density at radius 1 is 1.55 bits per heavy atom. The lowest BCUT2D eigenvalue weighted by Gasteiger charge is -2.41. The minimum Gasteiger partial charge on any atom is -0.481 e. The molecular weight excluding hydrogens is 278 g/mol. The first kappa shape index (κ1) is 14.8. The predicted molar refractivity (Wildman–Crippen MR) is 82.5 cm³/mol. The second kappa shape index (κ2) is 5.60. The van der Waals surface area contributed by atoms with E-state index in [0.717, 1.165) is 44.3 Å². The number of aryl methyl sites for hydroxylation is 1. The molecule has 1 saturated heterocycles. The smallest absolute Gasteiger partial charge is 0.311 e. The van der Waals surface area contributed by atoms with Crippen molar-refractivity contribution in [3.8, 4) is 6.07 Å². The average molecular weight is 299 g/mol. The zero-order valence-corrected chi connectivity index (χ0v) is 12.9. The third-order valence-electron chi connectivity index (χ3n) is 4.84. The Balaban J connectivity index is 1.90. The van der Waals surface area contributed by atoms with Crippen LogP contribution in [-0.2, 0) is 4.79 Å². The minimum absolute atomic E-state index is 0.462. The van der Waals surface area contributed by atoms with Crippen molar-refractivity contribution < 1.29 is 9.90 Å². The van der Waals surface area contributed by atoms with Gasteiger partial charge in [0, 0.05) is 18.8 Å². The number of nitriles is 1. The molecule has 1 aromatic heterocycles. The number of piperidine rings is 1. The van der Waals surface area contributed by atoms with Gasteiger partial charge in [0.25, 0.3) is 0 Å². The maximum absolute atomic E-state index is 11.9. The van der Waals surface area contributed by atoms with Gasteiger partial charge in [0.1, 0.15) is 11.9 Å². The van der Waals surface area contributed by atoms with Crippen LogP contribution in [0.2, 0.25) is 0 Å². The van der Waals surface area contributed by atoms with Gasteiger partial charge in [-0.2, -0.15) is 5.26 Å². The summed E-state index contributed by atoms with van der Waals surface area (Å²) in [4.78, 5) is 18.4. The van der Waals surface area contributed by atoms with Gasteiger partial charge in [0.05, 0.1) is 11.0 Å². The van der Waals surface area contributed by atoms with Crippen molar-refractivity contribution in [3.05, 3.63) is 23.4 Å². The summed E-state index contributed by atoms with van der Waals surface area (Å²) in [6.07, 6.45) is 4.62. The fourth-order valence-electron chi connectivity index (χ4n) is 3.49. The van der Waals surface area contributed by atoms with E-state index in [4.69, 9.17) is 0 Å². The topological polar surface area (TPSA) is 77.2 Å². The van der Waals surface area contributed by atoms with Gasteiger partial charge in [0.15, 0.2) is 0 Å². The molecular formula is C17H21N3O2. The molecule has 0 radical (unpaired) electrons. The SMILES string of the molecule is Cc1ccc(C#N)c(N2CCCC(CC3CC3)(C(=O)O)C2)n1. The first-order valence-corrected chi connectivity index (χ1v) is 7.90. The first-order valence-electron chi connectivity index (χ1n) is 7.90. The maximum Gasteiger partial charge on any atom is 0.311 e. The summed E-state index contributed by atoms with van der Waals surface area (Å²) in [7, 11) is 0. The summed E-state index contributed by atoms with van der Waals surface area (Å²) in [6.45, 7) is 3.12. The van der Waals surface area contributed by atoms with Crippen molar-refractivity contribution in [1.29, 1.82) is 5.26 Å². The van der Waals surface area contributed by atoms with Gasteiger partial charge in [0.2, 0.25) is 0 Å². The molecule has 22 heavy (non-hydrogen) atoms. The fourth-order valence-corrected chi connectivity index (χ4v) is 3.49. The largest absolute Gasteiger partial charge is 0.481 e. The van der Waals surface area contributed by atoms with Crippen LogP contribution in [0, 0.1) is 29.6 Å². The van der Waals surface area contributed by atoms with Crippen molar-refractivity contribution in [2.24, 2.45) is 11.3 Å². The zero-order chi connectivity index (χ0) is 15.7. The van der Waals surface area contributed by atoms with Crippen LogP contribution in [0.3, 0.4) is 0 Å². The van der Waals surface area contributed by atoms with Gasteiger partial charge >= 0.3 is 5.97 Å². The van der Waals surface area contributed by atoms with Gasteiger partial charge in [-0.1, -0.05) is 12.8 Å². The molecule has 116 valence electrons. The molecule has 0 amide bonds. The van der Waals surface area contributed by atoms with Crippen LogP contribution >= 0.6 is 0 Å². The first-order chi connectivity index (χ1) is 10.5. The Morgan fingerprint density at radius 3 is 2.95 bits per heavy atom. The number of carboxylic acids is 1. The van der Waals surface area contributed by atoms with Crippen LogP contribution in [0.15, 0.2) is 12.1 Å². The number of aromatic nitrogens is 1. The molecule has 0 bridgehead atoms. The predicted octanol–water partition coefficient (Wildman–Crippen LogP) is 2.73. The number of rotatable bonds is 4. The van der Waals surface area contributed by atoms with E-state index in [1.807, 2.05) is 17.9 Å². The Morgan fingerprint density at radius 2 is 2.32 bits per heavy atom. The van der Waals surface area contributed by atoms with Gasteiger partial charge in [-0.3, -0.25) is 4.79 Å². The molecule has 1 aliphatic carbocycles. The van der Waals surface area contributed by atoms with Gasteiger partial charge in [-0.15, -0.1) is 0 Å². The number of carboxylic acid groups (broad SMARTS) is 1. The van der Waals surface area contributed by atoms with Gasteiger partial charge in [-0.05, 0) is 44.2 Å². The lowest BCUT2D eigenvalue weighted by atomic mass is 9.75. The molecule has 1 aliphatic heterocycles. The summed E-state index contributed by atoms with van der Waals surface area (Å²) < 4.78 is 0. The highest BCUT2D eigenvalue weighted by molar-refractivity contribution is 5.76. The molecule has 5 nitrogen and oxygen atoms in total. The van der Waals surface area contributed by atoms with Crippen molar-refractivity contribution in [3.63, 3.8) is 0 Å². The molecule has 0 aromatic carbocycles. The molecule has 1 atom stereocenters. The number of carbonyl (C=O) groups is 1. The van der Waals surface area contributed by atoms with Gasteiger partial charge in [-0.25, -0.2) is 4.98 Å². The van der Waals surface area contributed by atoms with E-state index in [2.05, 4.69) is 11.1 Å². The molecule has 1 unspecified atom stereocenters. The summed E-state index contributed by atoms with van der Waals surface area (Å²) in [5, 5.41) is 19.1. The number of hydrogen-bond donors (Lipinski definition) is 1. The number of hydrogen-bond acceptors (Lipinski definition) is 4. The summed E-state index contributed by atoms with van der Waals surface area (Å²) in [5.74, 6) is 0.510. The lowest BCUT2D eigenvalue weighted by molar-refractivity contribution is -0.150. The zero-order valence-electron chi connectivity index (χ0n) is 12.9. The molecule has 3 rings (SSSR count). The molecule has 1 aromatic rings. The second-order valence-corrected chi connectivity index (χ2v) is 6.69. The highest BCUT2D eigenvalue weighted by Crippen LogP contribution is 2.45. The summed E-state index contributed by atoms with van der Waals surface area (Å²) >= 11 is 0. The quantitative estimate of drug-likeness (QED) is 0.925. The van der Waals surface area contributed by atoms with Crippen LogP contribution in [0.5, 0.6) is 0 Å². The Kier molecular flexibility index (Phi) is 3.78. The van der Waals surface area contributed by atoms with E-state index in [1.165, 1.54) is 0 Å². The van der Waals surface area contributed by atoms with Crippen molar-refractivity contribution in [1.82, 2.24) is 4.98 Å². The van der Waals surface area contributed by atoms with Crippen molar-refractivity contribution in [2.75, 3.05) is 18.0 Å². The lowest BCUT2D eigenvalue weighted by Crippen LogP contribution is -2.48. The average Bonchev–Trinajstić information content (AvgIpc) is 3.31. The van der Waals surface area contributed by atoms with E-state index >= 15 is 0 Å². The molecule has 2 fully saturated rings. The minimum atomic E-state index is -0.699. The Bertz CT molecular complexity index is 633. The fraction of sp³-hybridized carbons (Fsp3) is 0.588. The highest BCUT2D eigenvalue weighted by atomic mass is 16.4. The monoisotopic (exact) mass is 299 g/mol. The van der Waals surface area contributed by atoms with E-state index in [-0.39, 0.29) is 0 Å². The van der Waals surface area contributed by atoms with Crippen LogP contribution in [0.1, 0.15) is 43.4 Å². The van der Waals surface area contributed by atoms with Crippen molar-refractivity contribution >= 4 is 11.8 Å². The van der Waals surface area contributed by atoms with E-state index < -0.39 is 11.4 Å². The molecule has 1 N–H and O–H groups in total. The van der Waals surface area contributed by atoms with Crippen LogP contribution in [-0.4, -0.2) is 29.1 Å². The van der Waals surface area contributed by atoms with Crippen LogP contribution < -0.4 is 4.90 Å². The van der Waals surface area contributed by atoms with Crippen LogP contribution in [0.25, 0.3) is 0 Å². The Labute approximate surface area is 130 Å². The second-order valence-electron chi connectivity index (χ2n) is 6.69. The third kappa shape index (κ3) is 2.78. The molecule has 2 heterocycles. The normalized spacial score (nSPS) is 24.8. The maximum atomic E-state index is 11.9.